The molecule has 0 saturated carbocycles. The number of hydrogen-bond donors (Lipinski definition) is 1. The van der Waals surface area contributed by atoms with Crippen LogP contribution in [0.3, 0.4) is 0 Å². The van der Waals surface area contributed by atoms with E-state index in [0.29, 0.717) is 5.69 Å². The molecule has 2 aromatic rings. The summed E-state index contributed by atoms with van der Waals surface area (Å²) >= 11 is -0.566. The van der Waals surface area contributed by atoms with Crippen LogP contribution in [-0.4, -0.2) is 40.7 Å². The number of aryl methyl sites for hydroxylation is 1. The van der Waals surface area contributed by atoms with Crippen LogP contribution in [0.1, 0.15) is 11.3 Å². The third-order valence-electron chi connectivity index (χ3n) is 2.92. The average Bonchev–Trinajstić information content (AvgIpc) is 2.84. The van der Waals surface area contributed by atoms with E-state index in [9.17, 15) is 4.79 Å². The number of aromatic nitrogens is 3. The van der Waals surface area contributed by atoms with Crippen LogP contribution in [0, 0.1) is 0 Å². The summed E-state index contributed by atoms with van der Waals surface area (Å²) in [5, 5.41) is 17.8. The van der Waals surface area contributed by atoms with Crippen LogP contribution in [0.4, 0.5) is 0 Å². The van der Waals surface area contributed by atoms with E-state index in [2.05, 4.69) is 33.9 Å². The molecule has 2 rings (SSSR count). The van der Waals surface area contributed by atoms with Crippen LogP contribution in [-0.2, 0) is 17.6 Å². The van der Waals surface area contributed by atoms with Gasteiger partial charge in [0.05, 0.1) is 0 Å². The Morgan fingerprint density at radius 3 is 2.60 bits per heavy atom. The van der Waals surface area contributed by atoms with E-state index in [4.69, 9.17) is 5.11 Å². The fourth-order valence-electron chi connectivity index (χ4n) is 1.83. The molecule has 0 amide bonds. The number of carboxylic acids is 1. The zero-order valence-electron chi connectivity index (χ0n) is 11.7. The van der Waals surface area contributed by atoms with Gasteiger partial charge in [-0.2, -0.15) is 0 Å². The van der Waals surface area contributed by atoms with Crippen molar-refractivity contribution in [1.82, 2.24) is 15.0 Å². The van der Waals surface area contributed by atoms with Crippen LogP contribution >= 0.6 is 0 Å². The van der Waals surface area contributed by atoms with Gasteiger partial charge in [-0.05, 0) is 0 Å². The van der Waals surface area contributed by atoms with E-state index in [0.717, 1.165) is 12.1 Å². The summed E-state index contributed by atoms with van der Waals surface area (Å²) in [7, 11) is 0. The maximum atomic E-state index is 10.6. The fraction of sp³-hybridized carbons (Fsp3) is 0.357. The summed E-state index contributed by atoms with van der Waals surface area (Å²) in [5.41, 5.74) is 7.43. The number of rotatable bonds is 6. The second kappa shape index (κ2) is 6.71. The Bertz CT molecular complexity index is 578. The molecular formula is C14H18AsN3O2. The number of carboxylic acid groups (broad SMARTS) is 1. The van der Waals surface area contributed by atoms with Gasteiger partial charge in [0, 0.05) is 0 Å². The van der Waals surface area contributed by atoms with Crippen LogP contribution in [0.25, 0.3) is 5.69 Å². The molecule has 0 spiro atoms. The maximum absolute atomic E-state index is 10.6. The van der Waals surface area contributed by atoms with Gasteiger partial charge in [-0.3, -0.25) is 0 Å². The average molecular weight is 335 g/mol. The van der Waals surface area contributed by atoms with Gasteiger partial charge in [0.25, 0.3) is 0 Å². The van der Waals surface area contributed by atoms with Crippen molar-refractivity contribution in [1.29, 1.82) is 0 Å². The van der Waals surface area contributed by atoms with E-state index >= 15 is 0 Å². The molecule has 1 aromatic heterocycles. The van der Waals surface area contributed by atoms with Crippen molar-refractivity contribution in [2.45, 2.75) is 29.5 Å². The van der Waals surface area contributed by atoms with Gasteiger partial charge in [-0.25, -0.2) is 0 Å². The van der Waals surface area contributed by atoms with Crippen molar-refractivity contribution in [3.8, 4) is 5.69 Å². The standard InChI is InChI=1S/C14H18AsN3O2/c1-15(2)8-7-11-3-5-13(6-4-11)18-10-12(16-17-18)9-14(19)20/h3-6,10H,7-9H2,1-2H3,(H,19,20). The third-order valence-corrected chi connectivity index (χ3v) is 5.27. The van der Waals surface area contributed by atoms with Gasteiger partial charge in [-0.1, -0.05) is 0 Å². The first-order chi connectivity index (χ1) is 9.54. The van der Waals surface area contributed by atoms with E-state index in [1.54, 1.807) is 10.9 Å². The molecule has 0 aliphatic heterocycles. The Morgan fingerprint density at radius 2 is 2.00 bits per heavy atom. The predicted molar refractivity (Wildman–Crippen MR) is 78.7 cm³/mol. The van der Waals surface area contributed by atoms with Gasteiger partial charge < -0.3 is 0 Å². The summed E-state index contributed by atoms with van der Waals surface area (Å²) in [4.78, 5) is 10.6. The van der Waals surface area contributed by atoms with E-state index in [-0.39, 0.29) is 6.42 Å². The zero-order chi connectivity index (χ0) is 14.5. The number of aliphatic carboxylic acids is 1. The first-order valence-electron chi connectivity index (χ1n) is 6.41. The molecule has 0 aliphatic rings. The van der Waals surface area contributed by atoms with Crippen molar-refractivity contribution in [3.63, 3.8) is 0 Å². The van der Waals surface area contributed by atoms with Crippen molar-refractivity contribution in [2.24, 2.45) is 0 Å². The van der Waals surface area contributed by atoms with Gasteiger partial charge >= 0.3 is 122 Å². The first kappa shape index (κ1) is 14.8. The molecule has 0 aliphatic carbocycles. The minimum absolute atomic E-state index is 0.0999. The summed E-state index contributed by atoms with van der Waals surface area (Å²) in [6.45, 7) is 0. The molecule has 5 nitrogen and oxygen atoms in total. The number of hydrogen-bond acceptors (Lipinski definition) is 3. The molecule has 6 heteroatoms. The number of carbonyl (C=O) groups is 1. The Morgan fingerprint density at radius 1 is 1.30 bits per heavy atom. The quantitative estimate of drug-likeness (QED) is 0.822. The molecule has 1 aromatic carbocycles. The third kappa shape index (κ3) is 4.20. The predicted octanol–water partition coefficient (Wildman–Crippen LogP) is 2.19. The molecule has 0 radical (unpaired) electrons. The molecule has 0 bridgehead atoms. The van der Waals surface area contributed by atoms with Gasteiger partial charge in [-0.15, -0.1) is 0 Å². The van der Waals surface area contributed by atoms with Crippen LogP contribution < -0.4 is 0 Å². The fourth-order valence-corrected chi connectivity index (χ4v) is 3.31. The van der Waals surface area contributed by atoms with Gasteiger partial charge in [0.2, 0.25) is 0 Å². The minimum atomic E-state index is -0.898. The first-order valence-corrected chi connectivity index (χ1v) is 11.5. The summed E-state index contributed by atoms with van der Waals surface area (Å²) in [6, 6.07) is 8.20. The molecule has 0 fully saturated rings. The number of nitrogens with zero attached hydrogens (tertiary/aromatic N) is 3. The Balaban J connectivity index is 2.05. The van der Waals surface area contributed by atoms with E-state index in [1.807, 2.05) is 12.1 Å². The molecule has 1 heterocycles. The van der Waals surface area contributed by atoms with Crippen LogP contribution in [0.5, 0.6) is 0 Å². The Hall–Kier alpha value is -1.61. The Labute approximate surface area is 122 Å². The second-order valence-corrected chi connectivity index (χ2v) is 10.4. The van der Waals surface area contributed by atoms with Gasteiger partial charge in [0.15, 0.2) is 0 Å². The molecule has 0 unspecified atom stereocenters. The molecule has 20 heavy (non-hydrogen) atoms. The van der Waals surface area contributed by atoms with Gasteiger partial charge in [0.1, 0.15) is 0 Å². The topological polar surface area (TPSA) is 68.0 Å². The molecule has 0 atom stereocenters. The number of benzene rings is 1. The summed E-state index contributed by atoms with van der Waals surface area (Å²) < 4.78 is 1.61. The molecule has 106 valence electrons. The molecule has 1 N–H and O–H groups in total. The molecular weight excluding hydrogens is 317 g/mol. The summed E-state index contributed by atoms with van der Waals surface area (Å²) in [5.74, 6) is -0.898. The van der Waals surface area contributed by atoms with Crippen molar-refractivity contribution in [2.75, 3.05) is 0 Å². The van der Waals surface area contributed by atoms with Crippen LogP contribution in [0.15, 0.2) is 30.5 Å². The SMILES string of the molecule is C[As](C)CCc1ccc(-n2cc(CC(=O)O)nn2)cc1. The second-order valence-electron chi connectivity index (χ2n) is 4.94. The normalized spacial score (nSPS) is 10.9. The molecule has 0 saturated heterocycles. The zero-order valence-corrected chi connectivity index (χ0v) is 13.5. The monoisotopic (exact) mass is 335 g/mol. The van der Waals surface area contributed by atoms with Crippen LogP contribution in [0.2, 0.25) is 16.6 Å². The van der Waals surface area contributed by atoms with Crippen molar-refractivity contribution in [3.05, 3.63) is 41.7 Å². The summed E-state index contributed by atoms with van der Waals surface area (Å²) in [6.07, 6.45) is 2.69. The van der Waals surface area contributed by atoms with E-state index < -0.39 is 20.6 Å². The van der Waals surface area contributed by atoms with Crippen molar-refractivity contribution < 1.29 is 9.90 Å². The van der Waals surface area contributed by atoms with Crippen molar-refractivity contribution >= 4 is 20.6 Å². The Kier molecular flexibility index (Phi) is 4.96. The van der Waals surface area contributed by atoms with E-state index in [1.165, 1.54) is 10.8 Å².